The molecule has 124 valence electrons. The quantitative estimate of drug-likeness (QED) is 0.475. The van der Waals surface area contributed by atoms with E-state index in [1.165, 1.54) is 11.1 Å². The molecule has 1 aromatic carbocycles. The summed E-state index contributed by atoms with van der Waals surface area (Å²) in [5, 5.41) is 10.1. The maximum absolute atomic E-state index is 10.1. The zero-order chi connectivity index (χ0) is 16.2. The predicted octanol–water partition coefficient (Wildman–Crippen LogP) is 2.40. The number of aliphatic hydroxyl groups excluding tert-OH is 1. The van der Waals surface area contributed by atoms with Crippen molar-refractivity contribution in [2.75, 3.05) is 40.0 Å². The van der Waals surface area contributed by atoms with Crippen LogP contribution in [0.4, 0.5) is 0 Å². The normalized spacial score (nSPS) is 12.5. The lowest BCUT2D eigenvalue weighted by molar-refractivity contribution is 0.0229. The molecule has 1 N–H and O–H groups in total. The molecule has 1 atom stereocenters. The van der Waals surface area contributed by atoms with Crippen molar-refractivity contribution in [3.63, 3.8) is 0 Å². The van der Waals surface area contributed by atoms with Gasteiger partial charge in [0.05, 0.1) is 19.3 Å². The second kappa shape index (κ2) is 11.4. The maximum Gasteiger partial charge on any atom is 0.0900 e. The Morgan fingerprint density at radius 1 is 1.32 bits per heavy atom. The molecule has 0 fully saturated rings. The topological polar surface area (TPSA) is 41.9 Å². The summed E-state index contributed by atoms with van der Waals surface area (Å²) in [4.78, 5) is 2.24. The summed E-state index contributed by atoms with van der Waals surface area (Å²) in [6, 6.07) is 8.51. The third-order valence-electron chi connectivity index (χ3n) is 3.36. The van der Waals surface area contributed by atoms with Crippen LogP contribution < -0.4 is 0 Å². The van der Waals surface area contributed by atoms with Crippen LogP contribution in [-0.2, 0) is 16.0 Å². The Hall–Kier alpha value is -1.20. The van der Waals surface area contributed by atoms with Crippen molar-refractivity contribution in [1.29, 1.82) is 0 Å². The van der Waals surface area contributed by atoms with Gasteiger partial charge in [-0.2, -0.15) is 0 Å². The number of aryl methyl sites for hydroxylation is 1. The molecule has 0 amide bonds. The molecular formula is C18H29NO3. The van der Waals surface area contributed by atoms with Crippen LogP contribution in [0.5, 0.6) is 0 Å². The van der Waals surface area contributed by atoms with Gasteiger partial charge in [0.2, 0.25) is 0 Å². The Bertz CT molecular complexity index is 405. The first-order chi connectivity index (χ1) is 10.7. The van der Waals surface area contributed by atoms with Crippen LogP contribution in [-0.4, -0.2) is 56.1 Å². The minimum Gasteiger partial charge on any atom is -0.389 e. The maximum atomic E-state index is 10.1. The lowest BCUT2D eigenvalue weighted by atomic mass is 10.1. The van der Waals surface area contributed by atoms with Crippen molar-refractivity contribution in [3.05, 3.63) is 48.0 Å². The summed E-state index contributed by atoms with van der Waals surface area (Å²) in [6.07, 6.45) is 2.14. The average molecular weight is 307 g/mol. The molecular weight excluding hydrogens is 278 g/mol. The minimum atomic E-state index is -0.493. The molecule has 0 heterocycles. The van der Waals surface area contributed by atoms with E-state index in [9.17, 15) is 5.11 Å². The van der Waals surface area contributed by atoms with Gasteiger partial charge in [0.15, 0.2) is 0 Å². The van der Waals surface area contributed by atoms with Crippen LogP contribution in [0.25, 0.3) is 0 Å². The van der Waals surface area contributed by atoms with Gasteiger partial charge in [-0.25, -0.2) is 0 Å². The number of nitrogens with zero attached hydrogens (tertiary/aromatic N) is 1. The number of aliphatic hydroxyl groups is 1. The number of methoxy groups -OCH3 is 1. The molecule has 0 aliphatic heterocycles. The van der Waals surface area contributed by atoms with Crippen LogP contribution in [0, 0.1) is 6.92 Å². The van der Waals surface area contributed by atoms with Crippen LogP contribution in [0.15, 0.2) is 36.9 Å². The molecule has 0 unspecified atom stereocenters. The van der Waals surface area contributed by atoms with Crippen LogP contribution in [0.1, 0.15) is 17.5 Å². The summed E-state index contributed by atoms with van der Waals surface area (Å²) in [5.41, 5.74) is 2.51. The Labute approximate surface area is 134 Å². The summed E-state index contributed by atoms with van der Waals surface area (Å²) in [7, 11) is 1.71. The lowest BCUT2D eigenvalue weighted by Crippen LogP contribution is -2.35. The van der Waals surface area contributed by atoms with E-state index in [2.05, 4.69) is 42.7 Å². The highest BCUT2D eigenvalue weighted by Gasteiger charge is 2.12. The lowest BCUT2D eigenvalue weighted by Gasteiger charge is -2.25. The van der Waals surface area contributed by atoms with Crippen LogP contribution in [0.3, 0.4) is 0 Å². The molecule has 0 aliphatic rings. The van der Waals surface area contributed by atoms with Crippen LogP contribution >= 0.6 is 0 Å². The molecule has 0 radical (unpaired) electrons. The van der Waals surface area contributed by atoms with E-state index in [0.29, 0.717) is 19.8 Å². The highest BCUT2D eigenvalue weighted by molar-refractivity contribution is 5.21. The molecule has 0 aliphatic carbocycles. The molecule has 1 rings (SSSR count). The number of benzene rings is 1. The van der Waals surface area contributed by atoms with Gasteiger partial charge in [-0.15, -0.1) is 6.58 Å². The summed E-state index contributed by atoms with van der Waals surface area (Å²) in [6.45, 7) is 9.52. The standard InChI is InChI=1S/C18H29NO3/c1-4-11-22-15-18(20)14-19(10-5-12-21-3)13-17-8-6-16(2)7-9-17/h4,6-9,18,20H,1,5,10-15H2,2-3H3/t18-/m0/s1. The number of ether oxygens (including phenoxy) is 2. The predicted molar refractivity (Wildman–Crippen MR) is 90.0 cm³/mol. The van der Waals surface area contributed by atoms with Crippen molar-refractivity contribution in [3.8, 4) is 0 Å². The van der Waals surface area contributed by atoms with Gasteiger partial charge in [-0.1, -0.05) is 35.9 Å². The van der Waals surface area contributed by atoms with Crippen molar-refractivity contribution in [1.82, 2.24) is 4.90 Å². The van der Waals surface area contributed by atoms with Gasteiger partial charge in [-0.05, 0) is 18.9 Å². The first-order valence-corrected chi connectivity index (χ1v) is 7.79. The van der Waals surface area contributed by atoms with Gasteiger partial charge >= 0.3 is 0 Å². The van der Waals surface area contributed by atoms with E-state index >= 15 is 0 Å². The summed E-state index contributed by atoms with van der Waals surface area (Å²) >= 11 is 0. The highest BCUT2D eigenvalue weighted by atomic mass is 16.5. The Kier molecular flexibility index (Phi) is 9.75. The Balaban J connectivity index is 2.50. The molecule has 0 saturated heterocycles. The molecule has 0 aromatic heterocycles. The highest BCUT2D eigenvalue weighted by Crippen LogP contribution is 2.08. The van der Waals surface area contributed by atoms with Crippen molar-refractivity contribution in [2.45, 2.75) is 26.0 Å². The number of hydrogen-bond acceptors (Lipinski definition) is 4. The molecule has 0 bridgehead atoms. The third kappa shape index (κ3) is 8.29. The third-order valence-corrected chi connectivity index (χ3v) is 3.36. The summed E-state index contributed by atoms with van der Waals surface area (Å²) < 4.78 is 10.4. The van der Waals surface area contributed by atoms with Gasteiger partial charge < -0.3 is 14.6 Å². The second-order valence-corrected chi connectivity index (χ2v) is 5.55. The van der Waals surface area contributed by atoms with E-state index in [-0.39, 0.29) is 0 Å². The zero-order valence-electron chi connectivity index (χ0n) is 13.8. The fraction of sp³-hybridized carbons (Fsp3) is 0.556. The zero-order valence-corrected chi connectivity index (χ0v) is 13.8. The van der Waals surface area contributed by atoms with Crippen molar-refractivity contribution < 1.29 is 14.6 Å². The van der Waals surface area contributed by atoms with Crippen molar-refractivity contribution in [2.24, 2.45) is 0 Å². The average Bonchev–Trinajstić information content (AvgIpc) is 2.50. The SMILES string of the molecule is C=CCOC[C@@H](O)CN(CCCOC)Cc1ccc(C)cc1. The smallest absolute Gasteiger partial charge is 0.0900 e. The molecule has 22 heavy (non-hydrogen) atoms. The molecule has 4 nitrogen and oxygen atoms in total. The molecule has 1 aromatic rings. The minimum absolute atomic E-state index is 0.334. The molecule has 0 spiro atoms. The number of hydrogen-bond donors (Lipinski definition) is 1. The van der Waals surface area contributed by atoms with Gasteiger partial charge in [0, 0.05) is 33.4 Å². The summed E-state index contributed by atoms with van der Waals surface area (Å²) in [5.74, 6) is 0. The first kappa shape index (κ1) is 18.8. The molecule has 4 heteroatoms. The van der Waals surface area contributed by atoms with E-state index in [1.807, 2.05) is 0 Å². The number of rotatable bonds is 12. The largest absolute Gasteiger partial charge is 0.389 e. The van der Waals surface area contributed by atoms with E-state index in [1.54, 1.807) is 13.2 Å². The first-order valence-electron chi connectivity index (χ1n) is 7.79. The van der Waals surface area contributed by atoms with E-state index < -0.39 is 6.10 Å². The Morgan fingerprint density at radius 3 is 2.68 bits per heavy atom. The second-order valence-electron chi connectivity index (χ2n) is 5.55. The van der Waals surface area contributed by atoms with Gasteiger partial charge in [-0.3, -0.25) is 4.90 Å². The fourth-order valence-corrected chi connectivity index (χ4v) is 2.26. The monoisotopic (exact) mass is 307 g/mol. The Morgan fingerprint density at radius 2 is 2.05 bits per heavy atom. The van der Waals surface area contributed by atoms with Crippen LogP contribution in [0.2, 0.25) is 0 Å². The van der Waals surface area contributed by atoms with Gasteiger partial charge in [0.1, 0.15) is 0 Å². The molecule has 0 saturated carbocycles. The van der Waals surface area contributed by atoms with Crippen molar-refractivity contribution >= 4 is 0 Å². The fourth-order valence-electron chi connectivity index (χ4n) is 2.26. The van der Waals surface area contributed by atoms with Gasteiger partial charge in [0.25, 0.3) is 0 Å². The van der Waals surface area contributed by atoms with E-state index in [0.717, 1.165) is 26.1 Å². The van der Waals surface area contributed by atoms with E-state index in [4.69, 9.17) is 9.47 Å².